The van der Waals surface area contributed by atoms with Gasteiger partial charge < -0.3 is 21.3 Å². The number of rotatable bonds is 4. The molecule has 5 N–H and O–H groups in total. The second kappa shape index (κ2) is 5.93. The first-order valence-electron chi connectivity index (χ1n) is 6.27. The predicted molar refractivity (Wildman–Crippen MR) is 81.8 cm³/mol. The van der Waals surface area contributed by atoms with E-state index in [1.807, 2.05) is 0 Å². The van der Waals surface area contributed by atoms with Crippen LogP contribution in [0.25, 0.3) is 0 Å². The number of phenolic OH excluding ortho intramolecular Hbond substituents is 2. The standard InChI is InChI=1S/C15H15ClN2O3/c1-8(14-12(19)3-2-4-13(14)20)18-9-5-6-10(15(17)21)11(16)7-9/h2-8,18-20H,1H3,(H2,17,21). The van der Waals surface area contributed by atoms with E-state index in [0.29, 0.717) is 11.3 Å². The molecule has 0 spiro atoms. The van der Waals surface area contributed by atoms with E-state index in [9.17, 15) is 15.0 Å². The van der Waals surface area contributed by atoms with Crippen LogP contribution in [0.5, 0.6) is 11.5 Å². The average Bonchev–Trinajstić information content (AvgIpc) is 2.37. The van der Waals surface area contributed by atoms with Crippen molar-refractivity contribution in [2.24, 2.45) is 5.73 Å². The summed E-state index contributed by atoms with van der Waals surface area (Å²) in [5, 5.41) is 23.0. The maximum Gasteiger partial charge on any atom is 0.250 e. The molecule has 21 heavy (non-hydrogen) atoms. The molecular formula is C15H15ClN2O3. The van der Waals surface area contributed by atoms with Crippen LogP contribution >= 0.6 is 11.6 Å². The van der Waals surface area contributed by atoms with Gasteiger partial charge in [-0.25, -0.2) is 0 Å². The van der Waals surface area contributed by atoms with Crippen LogP contribution in [0, 0.1) is 0 Å². The maximum atomic E-state index is 11.1. The fourth-order valence-corrected chi connectivity index (χ4v) is 2.39. The van der Waals surface area contributed by atoms with Crippen LogP contribution in [0.2, 0.25) is 5.02 Å². The van der Waals surface area contributed by atoms with Gasteiger partial charge in [0.25, 0.3) is 0 Å². The molecule has 0 radical (unpaired) electrons. The summed E-state index contributed by atoms with van der Waals surface area (Å²) in [4.78, 5) is 11.1. The number of phenols is 2. The molecule has 2 rings (SSSR count). The quantitative estimate of drug-likeness (QED) is 0.698. The molecule has 0 aliphatic rings. The molecule has 6 heteroatoms. The van der Waals surface area contributed by atoms with Crippen molar-refractivity contribution in [2.75, 3.05) is 5.32 Å². The monoisotopic (exact) mass is 306 g/mol. The summed E-state index contributed by atoms with van der Waals surface area (Å²) < 4.78 is 0. The van der Waals surface area contributed by atoms with Gasteiger partial charge >= 0.3 is 0 Å². The van der Waals surface area contributed by atoms with E-state index < -0.39 is 5.91 Å². The minimum atomic E-state index is -0.599. The van der Waals surface area contributed by atoms with E-state index in [1.54, 1.807) is 25.1 Å². The van der Waals surface area contributed by atoms with Crippen LogP contribution < -0.4 is 11.1 Å². The molecule has 0 aliphatic carbocycles. The van der Waals surface area contributed by atoms with Crippen LogP contribution in [0.15, 0.2) is 36.4 Å². The molecular weight excluding hydrogens is 292 g/mol. The van der Waals surface area contributed by atoms with Gasteiger partial charge in [-0.3, -0.25) is 4.79 Å². The molecule has 1 amide bonds. The number of halogens is 1. The molecule has 0 aromatic heterocycles. The third kappa shape index (κ3) is 3.20. The number of primary amides is 1. The third-order valence-electron chi connectivity index (χ3n) is 3.11. The predicted octanol–water partition coefficient (Wildman–Crippen LogP) is 3.02. The van der Waals surface area contributed by atoms with Gasteiger partial charge in [-0.15, -0.1) is 0 Å². The molecule has 0 saturated heterocycles. The highest BCUT2D eigenvalue weighted by Gasteiger charge is 2.15. The normalized spacial score (nSPS) is 11.9. The molecule has 0 fully saturated rings. The smallest absolute Gasteiger partial charge is 0.250 e. The minimum absolute atomic E-state index is 0.00477. The van der Waals surface area contributed by atoms with Crippen molar-refractivity contribution >= 4 is 23.2 Å². The number of nitrogens with two attached hydrogens (primary N) is 1. The Morgan fingerprint density at radius 2 is 1.86 bits per heavy atom. The summed E-state index contributed by atoms with van der Waals surface area (Å²) in [6, 6.07) is 8.92. The van der Waals surface area contributed by atoms with Gasteiger partial charge in [0.1, 0.15) is 11.5 Å². The van der Waals surface area contributed by atoms with Crippen molar-refractivity contribution in [1.29, 1.82) is 0 Å². The van der Waals surface area contributed by atoms with Crippen LogP contribution in [0.1, 0.15) is 28.9 Å². The highest BCUT2D eigenvalue weighted by Crippen LogP contribution is 2.34. The molecule has 2 aromatic carbocycles. The number of benzene rings is 2. The molecule has 0 saturated carbocycles. The van der Waals surface area contributed by atoms with Crippen LogP contribution in [-0.2, 0) is 0 Å². The minimum Gasteiger partial charge on any atom is -0.507 e. The first-order valence-corrected chi connectivity index (χ1v) is 6.64. The van der Waals surface area contributed by atoms with Gasteiger partial charge in [-0.05, 0) is 37.3 Å². The molecule has 2 aromatic rings. The Kier molecular flexibility index (Phi) is 4.23. The van der Waals surface area contributed by atoms with Crippen molar-refractivity contribution < 1.29 is 15.0 Å². The van der Waals surface area contributed by atoms with E-state index in [-0.39, 0.29) is 28.1 Å². The fourth-order valence-electron chi connectivity index (χ4n) is 2.11. The molecule has 0 bridgehead atoms. The average molecular weight is 307 g/mol. The SMILES string of the molecule is CC(Nc1ccc(C(N)=O)c(Cl)c1)c1c(O)cccc1O. The van der Waals surface area contributed by atoms with Crippen LogP contribution in [0.4, 0.5) is 5.69 Å². The zero-order valence-electron chi connectivity index (χ0n) is 11.3. The molecule has 0 aliphatic heterocycles. The molecule has 110 valence electrons. The number of anilines is 1. The van der Waals surface area contributed by atoms with E-state index in [1.165, 1.54) is 18.2 Å². The Hall–Kier alpha value is -2.40. The van der Waals surface area contributed by atoms with E-state index in [4.69, 9.17) is 17.3 Å². The zero-order chi connectivity index (χ0) is 15.6. The van der Waals surface area contributed by atoms with Crippen molar-refractivity contribution in [1.82, 2.24) is 0 Å². The van der Waals surface area contributed by atoms with E-state index in [2.05, 4.69) is 5.32 Å². The summed E-state index contributed by atoms with van der Waals surface area (Å²) in [7, 11) is 0. The first-order chi connectivity index (χ1) is 9.90. The van der Waals surface area contributed by atoms with Gasteiger partial charge in [0, 0.05) is 5.69 Å². The fraction of sp³-hybridized carbons (Fsp3) is 0.133. The summed E-state index contributed by atoms with van der Waals surface area (Å²) in [5.41, 5.74) is 6.44. The molecule has 0 heterocycles. The number of amides is 1. The summed E-state index contributed by atoms with van der Waals surface area (Å²) >= 11 is 5.98. The molecule has 5 nitrogen and oxygen atoms in total. The Morgan fingerprint density at radius 3 is 2.38 bits per heavy atom. The summed E-state index contributed by atoms with van der Waals surface area (Å²) in [6.07, 6.45) is 0. The second-order valence-electron chi connectivity index (χ2n) is 4.63. The van der Waals surface area contributed by atoms with Crippen molar-refractivity contribution in [2.45, 2.75) is 13.0 Å². The van der Waals surface area contributed by atoms with Crippen molar-refractivity contribution in [3.8, 4) is 11.5 Å². The number of carbonyl (C=O) groups is 1. The second-order valence-corrected chi connectivity index (χ2v) is 5.04. The van der Waals surface area contributed by atoms with Gasteiger partial charge in [-0.2, -0.15) is 0 Å². The first kappa shape index (κ1) is 15.0. The van der Waals surface area contributed by atoms with Gasteiger partial charge in [0.15, 0.2) is 0 Å². The van der Waals surface area contributed by atoms with Crippen molar-refractivity contribution in [3.63, 3.8) is 0 Å². The third-order valence-corrected chi connectivity index (χ3v) is 3.42. The number of aromatic hydroxyl groups is 2. The van der Waals surface area contributed by atoms with E-state index >= 15 is 0 Å². The van der Waals surface area contributed by atoms with Gasteiger partial charge in [0.2, 0.25) is 5.91 Å². The van der Waals surface area contributed by atoms with Crippen LogP contribution in [0.3, 0.4) is 0 Å². The lowest BCUT2D eigenvalue weighted by molar-refractivity contribution is 0.100. The van der Waals surface area contributed by atoms with Crippen LogP contribution in [-0.4, -0.2) is 16.1 Å². The number of nitrogens with one attached hydrogen (secondary N) is 1. The summed E-state index contributed by atoms with van der Waals surface area (Å²) in [6.45, 7) is 1.78. The lowest BCUT2D eigenvalue weighted by Crippen LogP contribution is -2.12. The zero-order valence-corrected chi connectivity index (χ0v) is 12.1. The lowest BCUT2D eigenvalue weighted by Gasteiger charge is -2.18. The molecule has 1 atom stereocenters. The highest BCUT2D eigenvalue weighted by molar-refractivity contribution is 6.34. The molecule has 1 unspecified atom stereocenters. The Labute approximate surface area is 127 Å². The van der Waals surface area contributed by atoms with Gasteiger partial charge in [0.05, 0.1) is 22.2 Å². The highest BCUT2D eigenvalue weighted by atomic mass is 35.5. The number of carbonyl (C=O) groups excluding carboxylic acids is 1. The summed E-state index contributed by atoms with van der Waals surface area (Å²) in [5.74, 6) is -0.609. The Morgan fingerprint density at radius 1 is 1.24 bits per heavy atom. The number of hydrogen-bond donors (Lipinski definition) is 4. The Bertz CT molecular complexity index is 668. The van der Waals surface area contributed by atoms with E-state index in [0.717, 1.165) is 0 Å². The lowest BCUT2D eigenvalue weighted by atomic mass is 10.1. The van der Waals surface area contributed by atoms with Gasteiger partial charge in [-0.1, -0.05) is 17.7 Å². The Balaban J connectivity index is 2.26. The topological polar surface area (TPSA) is 95.6 Å². The van der Waals surface area contributed by atoms with Crippen molar-refractivity contribution in [3.05, 3.63) is 52.5 Å². The maximum absolute atomic E-state index is 11.1. The number of hydrogen-bond acceptors (Lipinski definition) is 4. The largest absolute Gasteiger partial charge is 0.507 e.